The van der Waals surface area contributed by atoms with Crippen molar-refractivity contribution in [1.82, 2.24) is 10.6 Å². The van der Waals surface area contributed by atoms with Crippen LogP contribution in [0.4, 0.5) is 39.5 Å². The standard InChI is InChI=1S/C24H18Cl3F9N2O2/c1-2-18(21(40)37-10-22(28,29)30)38-20(39)13-5-3-11(7-15(13)24(34,35)36)4-6-14(23(31,32)33)12-8-16(25)19(27)17(26)9-12/h3-9,14,18H,2,10H2,1H3,(H,37,40)(H,38,39)/b6-4+/t14?,18-/m0/s1. The number of amides is 2. The third-order valence-electron chi connectivity index (χ3n) is 5.29. The molecule has 2 amide bonds. The lowest BCUT2D eigenvalue weighted by molar-refractivity contribution is -0.140. The fraction of sp³-hybridized carbons (Fsp3) is 0.333. The Bertz CT molecular complexity index is 1250. The summed E-state index contributed by atoms with van der Waals surface area (Å²) in [6.07, 6.45) is -13.8. The second-order valence-electron chi connectivity index (χ2n) is 8.25. The van der Waals surface area contributed by atoms with E-state index in [2.05, 4.69) is 0 Å². The third kappa shape index (κ3) is 9.20. The summed E-state index contributed by atoms with van der Waals surface area (Å²) in [4.78, 5) is 24.5. The van der Waals surface area contributed by atoms with Crippen LogP contribution in [0.1, 0.15) is 46.3 Å². The molecule has 0 heterocycles. The van der Waals surface area contributed by atoms with E-state index < -0.39 is 65.5 Å². The van der Waals surface area contributed by atoms with E-state index in [-0.39, 0.29) is 27.1 Å². The molecule has 0 aliphatic carbocycles. The molecule has 2 N–H and O–H groups in total. The second kappa shape index (κ2) is 12.9. The number of nitrogens with one attached hydrogen (secondary N) is 2. The number of alkyl halides is 9. The molecule has 220 valence electrons. The lowest BCUT2D eigenvalue weighted by atomic mass is 9.96. The average molecular weight is 644 g/mol. The predicted molar refractivity (Wildman–Crippen MR) is 131 cm³/mol. The Kier molecular flexibility index (Phi) is 10.8. The van der Waals surface area contributed by atoms with Gasteiger partial charge in [0.05, 0.1) is 32.1 Å². The Hall–Kier alpha value is -2.64. The molecule has 2 rings (SSSR count). The Morgan fingerprint density at radius 2 is 1.50 bits per heavy atom. The number of allylic oxidation sites excluding steroid dienone is 1. The smallest absolute Gasteiger partial charge is 0.345 e. The van der Waals surface area contributed by atoms with Crippen molar-refractivity contribution in [3.63, 3.8) is 0 Å². The third-order valence-corrected chi connectivity index (χ3v) is 6.48. The van der Waals surface area contributed by atoms with Gasteiger partial charge in [0, 0.05) is 0 Å². The van der Waals surface area contributed by atoms with Gasteiger partial charge in [-0.2, -0.15) is 39.5 Å². The van der Waals surface area contributed by atoms with Crippen LogP contribution in [0.3, 0.4) is 0 Å². The molecule has 16 heteroatoms. The highest BCUT2D eigenvalue weighted by molar-refractivity contribution is 6.48. The van der Waals surface area contributed by atoms with Gasteiger partial charge in [-0.25, -0.2) is 0 Å². The zero-order valence-electron chi connectivity index (χ0n) is 20.0. The number of carbonyl (C=O) groups is 2. The number of halogens is 12. The van der Waals surface area contributed by atoms with Crippen molar-refractivity contribution in [3.8, 4) is 0 Å². The van der Waals surface area contributed by atoms with E-state index in [4.69, 9.17) is 34.8 Å². The van der Waals surface area contributed by atoms with Gasteiger partial charge in [0.25, 0.3) is 5.91 Å². The largest absolute Gasteiger partial charge is 0.417 e. The van der Waals surface area contributed by atoms with E-state index in [0.717, 1.165) is 24.3 Å². The SMILES string of the molecule is CC[C@H](NC(=O)c1ccc(/C=C/C(c2cc(Cl)c(Cl)c(Cl)c2)C(F)(F)F)cc1C(F)(F)F)C(=O)NCC(F)(F)F. The molecule has 2 aromatic carbocycles. The summed E-state index contributed by atoms with van der Waals surface area (Å²) < 4.78 is 120. The van der Waals surface area contributed by atoms with E-state index >= 15 is 0 Å². The first-order valence-electron chi connectivity index (χ1n) is 11.0. The molecule has 4 nitrogen and oxygen atoms in total. The van der Waals surface area contributed by atoms with Crippen LogP contribution in [0.2, 0.25) is 15.1 Å². The fourth-order valence-electron chi connectivity index (χ4n) is 3.37. The quantitative estimate of drug-likeness (QED) is 0.225. The molecule has 1 unspecified atom stereocenters. The monoisotopic (exact) mass is 642 g/mol. The van der Waals surface area contributed by atoms with Gasteiger partial charge in [-0.3, -0.25) is 9.59 Å². The van der Waals surface area contributed by atoms with Crippen molar-refractivity contribution in [1.29, 1.82) is 0 Å². The van der Waals surface area contributed by atoms with Crippen LogP contribution >= 0.6 is 34.8 Å². The normalized spacial score (nSPS) is 14.2. The van der Waals surface area contributed by atoms with Crippen LogP contribution < -0.4 is 10.6 Å². The van der Waals surface area contributed by atoms with Gasteiger partial charge < -0.3 is 10.6 Å². The summed E-state index contributed by atoms with van der Waals surface area (Å²) in [5.74, 6) is -5.06. The lowest BCUT2D eigenvalue weighted by Crippen LogP contribution is -2.48. The first-order chi connectivity index (χ1) is 18.2. The van der Waals surface area contributed by atoms with Gasteiger partial charge in [0.15, 0.2) is 0 Å². The van der Waals surface area contributed by atoms with Gasteiger partial charge in [0.2, 0.25) is 5.91 Å². The van der Waals surface area contributed by atoms with Crippen LogP contribution in [-0.4, -0.2) is 36.8 Å². The van der Waals surface area contributed by atoms with Crippen molar-refractivity contribution in [2.45, 2.75) is 43.8 Å². The Labute approximate surface area is 236 Å². The molecule has 0 bridgehead atoms. The zero-order chi connectivity index (χ0) is 30.6. The van der Waals surface area contributed by atoms with Crippen LogP contribution in [0.5, 0.6) is 0 Å². The second-order valence-corrected chi connectivity index (χ2v) is 9.44. The summed E-state index contributed by atoms with van der Waals surface area (Å²) in [6, 6.07) is 2.20. The van der Waals surface area contributed by atoms with Crippen LogP contribution in [-0.2, 0) is 11.0 Å². The topological polar surface area (TPSA) is 58.2 Å². The van der Waals surface area contributed by atoms with Gasteiger partial charge in [-0.05, 0) is 41.8 Å². The molecule has 0 fully saturated rings. The molecule has 0 aliphatic heterocycles. The maximum Gasteiger partial charge on any atom is 0.417 e. The molecule has 0 radical (unpaired) electrons. The fourth-order valence-corrected chi connectivity index (χ4v) is 3.98. The molecule has 2 atom stereocenters. The molecule has 0 saturated carbocycles. The minimum absolute atomic E-state index is 0.191. The number of hydrogen-bond donors (Lipinski definition) is 2. The van der Waals surface area contributed by atoms with Crippen molar-refractivity contribution in [2.24, 2.45) is 0 Å². The molecule has 40 heavy (non-hydrogen) atoms. The zero-order valence-corrected chi connectivity index (χ0v) is 22.2. The first-order valence-corrected chi connectivity index (χ1v) is 12.1. The number of carbonyl (C=O) groups excluding carboxylic acids is 2. The summed E-state index contributed by atoms with van der Waals surface area (Å²) in [5.41, 5.74) is -3.38. The Balaban J connectivity index is 2.40. The van der Waals surface area contributed by atoms with Gasteiger partial charge in [-0.15, -0.1) is 0 Å². The molecule has 0 saturated heterocycles. The highest BCUT2D eigenvalue weighted by Crippen LogP contribution is 2.41. The lowest BCUT2D eigenvalue weighted by Gasteiger charge is -2.20. The number of hydrogen-bond acceptors (Lipinski definition) is 2. The van der Waals surface area contributed by atoms with Crippen LogP contribution in [0, 0.1) is 0 Å². The van der Waals surface area contributed by atoms with Crippen molar-refractivity contribution in [3.05, 3.63) is 73.7 Å². The van der Waals surface area contributed by atoms with Crippen LogP contribution in [0.15, 0.2) is 36.4 Å². The van der Waals surface area contributed by atoms with E-state index in [1.54, 1.807) is 0 Å². The number of benzene rings is 2. The van der Waals surface area contributed by atoms with Gasteiger partial charge in [0.1, 0.15) is 12.6 Å². The van der Waals surface area contributed by atoms with Crippen molar-refractivity contribution < 1.29 is 49.1 Å². The van der Waals surface area contributed by atoms with Gasteiger partial charge in [-0.1, -0.05) is 59.9 Å². The Morgan fingerprint density at radius 3 is 1.98 bits per heavy atom. The van der Waals surface area contributed by atoms with E-state index in [9.17, 15) is 49.1 Å². The van der Waals surface area contributed by atoms with E-state index in [1.807, 2.05) is 5.32 Å². The van der Waals surface area contributed by atoms with Crippen molar-refractivity contribution >= 4 is 52.7 Å². The molecule has 0 aliphatic rings. The minimum Gasteiger partial charge on any atom is -0.345 e. The summed E-state index contributed by atoms with van der Waals surface area (Å²) in [5, 5.41) is 2.71. The molecule has 2 aromatic rings. The average Bonchev–Trinajstić information content (AvgIpc) is 2.82. The van der Waals surface area contributed by atoms with E-state index in [0.29, 0.717) is 18.2 Å². The maximum absolute atomic E-state index is 13.8. The Morgan fingerprint density at radius 1 is 0.925 bits per heavy atom. The predicted octanol–water partition coefficient (Wildman–Crippen LogP) is 8.21. The molecular weight excluding hydrogens is 626 g/mol. The van der Waals surface area contributed by atoms with Crippen molar-refractivity contribution in [2.75, 3.05) is 6.54 Å². The highest BCUT2D eigenvalue weighted by Gasteiger charge is 2.40. The van der Waals surface area contributed by atoms with Gasteiger partial charge >= 0.3 is 18.5 Å². The highest BCUT2D eigenvalue weighted by atomic mass is 35.5. The minimum atomic E-state index is -5.17. The summed E-state index contributed by atoms with van der Waals surface area (Å²) >= 11 is 17.4. The summed E-state index contributed by atoms with van der Waals surface area (Å²) in [7, 11) is 0. The molecule has 0 spiro atoms. The first kappa shape index (κ1) is 33.6. The summed E-state index contributed by atoms with van der Waals surface area (Å²) in [6.45, 7) is -0.421. The molecular formula is C24H18Cl3F9N2O2. The van der Waals surface area contributed by atoms with Crippen LogP contribution in [0.25, 0.3) is 6.08 Å². The number of rotatable bonds is 8. The molecule has 0 aromatic heterocycles. The maximum atomic E-state index is 13.8. The van der Waals surface area contributed by atoms with E-state index in [1.165, 1.54) is 12.2 Å².